The largest absolute Gasteiger partial charge is 0.493 e. The van der Waals surface area contributed by atoms with Crippen molar-refractivity contribution in [3.63, 3.8) is 0 Å². The molecule has 1 aromatic heterocycles. The van der Waals surface area contributed by atoms with Crippen molar-refractivity contribution in [1.29, 1.82) is 5.41 Å². The number of nitrogens with two attached hydrogens (primary N) is 1. The Morgan fingerprint density at radius 2 is 2.05 bits per heavy atom. The molecule has 0 bridgehead atoms. The van der Waals surface area contributed by atoms with Crippen molar-refractivity contribution in [3.8, 4) is 17.0 Å². The molecular weight excluding hydrogens is 262 g/mol. The number of aromatic nitrogens is 1. The van der Waals surface area contributed by atoms with Crippen LogP contribution in [-0.4, -0.2) is 17.4 Å². The predicted molar refractivity (Wildman–Crippen MR) is 85.8 cm³/mol. The van der Waals surface area contributed by atoms with Gasteiger partial charge in [-0.2, -0.15) is 0 Å². The molecule has 0 amide bonds. The van der Waals surface area contributed by atoms with Crippen LogP contribution in [0.3, 0.4) is 0 Å². The van der Waals surface area contributed by atoms with E-state index in [0.717, 1.165) is 22.7 Å². The summed E-state index contributed by atoms with van der Waals surface area (Å²) in [4.78, 5) is 4.52. The maximum absolute atomic E-state index is 7.50. The van der Waals surface area contributed by atoms with Gasteiger partial charge in [0.05, 0.1) is 12.3 Å². The maximum atomic E-state index is 7.50. The van der Waals surface area contributed by atoms with Crippen LogP contribution in [0.5, 0.6) is 5.75 Å². The first-order chi connectivity index (χ1) is 9.97. The van der Waals surface area contributed by atoms with Crippen LogP contribution in [0.25, 0.3) is 11.3 Å². The zero-order chi connectivity index (χ0) is 15.4. The fourth-order valence-electron chi connectivity index (χ4n) is 2.01. The number of amidine groups is 1. The van der Waals surface area contributed by atoms with Crippen molar-refractivity contribution in [1.82, 2.24) is 4.98 Å². The van der Waals surface area contributed by atoms with Gasteiger partial charge in [-0.3, -0.25) is 10.4 Å². The van der Waals surface area contributed by atoms with E-state index < -0.39 is 0 Å². The van der Waals surface area contributed by atoms with Gasteiger partial charge in [0.1, 0.15) is 11.6 Å². The quantitative estimate of drug-likeness (QED) is 0.652. The Hall–Kier alpha value is -2.36. The molecule has 3 N–H and O–H groups in total. The van der Waals surface area contributed by atoms with Gasteiger partial charge in [0.25, 0.3) is 0 Å². The second-order valence-electron chi connectivity index (χ2n) is 5.48. The molecule has 0 radical (unpaired) electrons. The third-order valence-electron chi connectivity index (χ3n) is 3.09. The van der Waals surface area contributed by atoms with Gasteiger partial charge < -0.3 is 10.5 Å². The number of hydrogen-bond acceptors (Lipinski definition) is 3. The van der Waals surface area contributed by atoms with Crippen molar-refractivity contribution in [3.05, 3.63) is 47.7 Å². The molecule has 110 valence electrons. The van der Waals surface area contributed by atoms with Crippen LogP contribution < -0.4 is 10.5 Å². The number of ether oxygens (including phenoxy) is 1. The molecule has 0 fully saturated rings. The number of rotatable bonds is 5. The lowest BCUT2D eigenvalue weighted by molar-refractivity contribution is 0.271. The lowest BCUT2D eigenvalue weighted by Crippen LogP contribution is -2.13. The third kappa shape index (κ3) is 3.81. The molecule has 21 heavy (non-hydrogen) atoms. The van der Waals surface area contributed by atoms with E-state index in [-0.39, 0.29) is 5.84 Å². The van der Waals surface area contributed by atoms with Crippen molar-refractivity contribution in [2.75, 3.05) is 6.61 Å². The molecule has 0 aliphatic heterocycles. The van der Waals surface area contributed by atoms with E-state index in [9.17, 15) is 0 Å². The number of nitrogens with one attached hydrogen (secondary N) is 1. The Bertz CT molecular complexity index is 650. The van der Waals surface area contributed by atoms with Crippen molar-refractivity contribution in [2.24, 2.45) is 11.7 Å². The van der Waals surface area contributed by atoms with Crippen LogP contribution in [0.4, 0.5) is 0 Å². The minimum Gasteiger partial charge on any atom is -0.493 e. The molecule has 4 heteroatoms. The van der Waals surface area contributed by atoms with Gasteiger partial charge in [0, 0.05) is 16.8 Å². The number of nitrogen functional groups attached to an aromatic ring is 1. The highest BCUT2D eigenvalue weighted by molar-refractivity contribution is 5.96. The molecule has 4 nitrogen and oxygen atoms in total. The maximum Gasteiger partial charge on any atom is 0.124 e. The van der Waals surface area contributed by atoms with Gasteiger partial charge >= 0.3 is 0 Å². The highest BCUT2D eigenvalue weighted by atomic mass is 16.5. The molecule has 2 rings (SSSR count). The minimum absolute atomic E-state index is 0.0422. The van der Waals surface area contributed by atoms with E-state index in [1.807, 2.05) is 43.3 Å². The normalized spacial score (nSPS) is 10.7. The van der Waals surface area contributed by atoms with Crippen molar-refractivity contribution >= 4 is 5.84 Å². The fourth-order valence-corrected chi connectivity index (χ4v) is 2.01. The summed E-state index contributed by atoms with van der Waals surface area (Å²) in [6.45, 7) is 6.79. The van der Waals surface area contributed by atoms with Gasteiger partial charge in [0.2, 0.25) is 0 Å². The van der Waals surface area contributed by atoms with Gasteiger partial charge in [-0.15, -0.1) is 0 Å². The molecule has 0 saturated heterocycles. The van der Waals surface area contributed by atoms with E-state index in [1.54, 1.807) is 0 Å². The number of hydrogen-bond donors (Lipinski definition) is 2. The lowest BCUT2D eigenvalue weighted by Gasteiger charge is -2.11. The average molecular weight is 283 g/mol. The minimum atomic E-state index is 0.0422. The van der Waals surface area contributed by atoms with Crippen molar-refractivity contribution in [2.45, 2.75) is 20.8 Å². The standard InChI is InChI=1S/C17H21N3O/c1-11(2)10-21-14-6-4-5-13(9-14)16-8-7-15(17(18)19)12(3)20-16/h4-9,11H,10H2,1-3H3,(H3,18,19). The Balaban J connectivity index is 2.27. The van der Waals surface area contributed by atoms with Crippen LogP contribution in [-0.2, 0) is 0 Å². The summed E-state index contributed by atoms with van der Waals surface area (Å²) in [6, 6.07) is 11.6. The lowest BCUT2D eigenvalue weighted by atomic mass is 10.1. The van der Waals surface area contributed by atoms with Crippen molar-refractivity contribution < 1.29 is 4.74 Å². The molecule has 1 heterocycles. The molecule has 2 aromatic rings. The van der Waals surface area contributed by atoms with Crippen LogP contribution in [0.1, 0.15) is 25.1 Å². The topological polar surface area (TPSA) is 72.0 Å². The number of nitrogens with zero attached hydrogens (tertiary/aromatic N) is 1. The van der Waals surface area contributed by atoms with Crippen LogP contribution in [0.15, 0.2) is 36.4 Å². The molecule has 0 aliphatic rings. The molecule has 0 atom stereocenters. The van der Waals surface area contributed by atoms with E-state index in [0.29, 0.717) is 18.1 Å². The number of pyridine rings is 1. The summed E-state index contributed by atoms with van der Waals surface area (Å²) in [6.07, 6.45) is 0. The first-order valence-corrected chi connectivity index (χ1v) is 7.02. The average Bonchev–Trinajstić information content (AvgIpc) is 2.45. The fraction of sp³-hybridized carbons (Fsp3) is 0.294. The molecule has 0 saturated carbocycles. The highest BCUT2D eigenvalue weighted by Gasteiger charge is 2.07. The first-order valence-electron chi connectivity index (χ1n) is 7.02. The van der Waals surface area contributed by atoms with E-state index in [4.69, 9.17) is 15.9 Å². The summed E-state index contributed by atoms with van der Waals surface area (Å²) in [5, 5.41) is 7.50. The number of benzene rings is 1. The van der Waals surface area contributed by atoms with Gasteiger partial charge in [-0.05, 0) is 37.1 Å². The first kappa shape index (κ1) is 15.0. The van der Waals surface area contributed by atoms with Gasteiger partial charge in [-0.25, -0.2) is 0 Å². The SMILES string of the molecule is Cc1nc(-c2cccc(OCC(C)C)c2)ccc1C(=N)N. The Labute approximate surface area is 125 Å². The second kappa shape index (κ2) is 6.39. The van der Waals surface area contributed by atoms with E-state index in [2.05, 4.69) is 18.8 Å². The van der Waals surface area contributed by atoms with Crippen LogP contribution >= 0.6 is 0 Å². The summed E-state index contributed by atoms with van der Waals surface area (Å²) < 4.78 is 5.74. The van der Waals surface area contributed by atoms with Crippen LogP contribution in [0.2, 0.25) is 0 Å². The van der Waals surface area contributed by atoms with Crippen LogP contribution in [0, 0.1) is 18.3 Å². The second-order valence-corrected chi connectivity index (χ2v) is 5.48. The van der Waals surface area contributed by atoms with Gasteiger partial charge in [-0.1, -0.05) is 26.0 Å². The molecular formula is C17H21N3O. The zero-order valence-corrected chi connectivity index (χ0v) is 12.7. The Kier molecular flexibility index (Phi) is 4.58. The molecule has 0 spiro atoms. The van der Waals surface area contributed by atoms with E-state index >= 15 is 0 Å². The van der Waals surface area contributed by atoms with Gasteiger partial charge in [0.15, 0.2) is 0 Å². The molecule has 0 unspecified atom stereocenters. The Morgan fingerprint density at radius 3 is 2.67 bits per heavy atom. The highest BCUT2D eigenvalue weighted by Crippen LogP contribution is 2.23. The summed E-state index contributed by atoms with van der Waals surface area (Å²) in [5.74, 6) is 1.38. The Morgan fingerprint density at radius 1 is 1.29 bits per heavy atom. The zero-order valence-electron chi connectivity index (χ0n) is 12.7. The summed E-state index contributed by atoms with van der Waals surface area (Å²) >= 11 is 0. The molecule has 1 aromatic carbocycles. The monoisotopic (exact) mass is 283 g/mol. The summed E-state index contributed by atoms with van der Waals surface area (Å²) in [5.41, 5.74) is 8.80. The predicted octanol–water partition coefficient (Wildman–Crippen LogP) is 3.38. The smallest absolute Gasteiger partial charge is 0.124 e. The van der Waals surface area contributed by atoms with E-state index in [1.165, 1.54) is 0 Å². The molecule has 0 aliphatic carbocycles. The number of aryl methyl sites for hydroxylation is 1. The summed E-state index contributed by atoms with van der Waals surface area (Å²) in [7, 11) is 0. The third-order valence-corrected chi connectivity index (χ3v) is 3.09.